The van der Waals surface area contributed by atoms with Crippen LogP contribution in [-0.2, 0) is 13.6 Å². The summed E-state index contributed by atoms with van der Waals surface area (Å²) in [7, 11) is 1.86. The number of aromatic nitrogens is 2. The summed E-state index contributed by atoms with van der Waals surface area (Å²) < 4.78 is 1.74. The number of benzene rings is 1. The molecule has 156 valence electrons. The fraction of sp³-hybridized carbons (Fsp3) is 0.545. The Kier molecular flexibility index (Phi) is 5.76. The van der Waals surface area contributed by atoms with Crippen LogP contribution in [0.25, 0.3) is 0 Å². The maximum absolute atomic E-state index is 13.2. The highest BCUT2D eigenvalue weighted by Gasteiger charge is 2.29. The van der Waals surface area contributed by atoms with Gasteiger partial charge in [0, 0.05) is 31.6 Å². The van der Waals surface area contributed by atoms with Crippen molar-refractivity contribution in [3.63, 3.8) is 0 Å². The first kappa shape index (κ1) is 19.8. The van der Waals surface area contributed by atoms with Crippen LogP contribution in [0.1, 0.15) is 62.1 Å². The summed E-state index contributed by atoms with van der Waals surface area (Å²) in [5.74, 6) is 1.41. The molecule has 2 aromatic rings. The number of phenols is 1. The Labute approximate surface area is 171 Å². The molecule has 0 aliphatic heterocycles. The lowest BCUT2D eigenvalue weighted by atomic mass is 9.83. The molecule has 7 heteroatoms. The van der Waals surface area contributed by atoms with Gasteiger partial charge in [0.1, 0.15) is 11.6 Å². The molecule has 1 heterocycles. The second-order valence-electron chi connectivity index (χ2n) is 8.40. The largest absolute Gasteiger partial charge is 0.508 e. The third kappa shape index (κ3) is 4.56. The van der Waals surface area contributed by atoms with Gasteiger partial charge >= 0.3 is 6.03 Å². The molecule has 0 spiro atoms. The van der Waals surface area contributed by atoms with Gasteiger partial charge in [-0.3, -0.25) is 10.00 Å². The summed E-state index contributed by atoms with van der Waals surface area (Å²) in [4.78, 5) is 15.1. The number of nitrogens with zero attached hydrogens (tertiary/aromatic N) is 3. The molecule has 3 N–H and O–H groups in total. The minimum Gasteiger partial charge on any atom is -0.508 e. The van der Waals surface area contributed by atoms with E-state index in [2.05, 4.69) is 10.4 Å². The van der Waals surface area contributed by atoms with Crippen molar-refractivity contribution in [1.29, 1.82) is 0 Å². The number of aromatic hydroxyl groups is 1. The number of aryl methyl sites for hydroxylation is 1. The molecule has 2 fully saturated rings. The molecule has 0 bridgehead atoms. The molecule has 0 saturated heterocycles. The van der Waals surface area contributed by atoms with Crippen LogP contribution in [0.4, 0.5) is 10.6 Å². The highest BCUT2D eigenvalue weighted by atomic mass is 16.3. The van der Waals surface area contributed by atoms with Crippen molar-refractivity contribution in [3.8, 4) is 5.75 Å². The summed E-state index contributed by atoms with van der Waals surface area (Å²) in [6.45, 7) is 0.411. The van der Waals surface area contributed by atoms with Crippen LogP contribution in [0.2, 0.25) is 0 Å². The van der Waals surface area contributed by atoms with Crippen molar-refractivity contribution in [2.24, 2.45) is 7.05 Å². The third-order valence-electron chi connectivity index (χ3n) is 6.29. The Morgan fingerprint density at radius 2 is 1.97 bits per heavy atom. The van der Waals surface area contributed by atoms with Gasteiger partial charge in [0.05, 0.1) is 11.8 Å². The number of amides is 2. The fourth-order valence-electron chi connectivity index (χ4n) is 4.28. The van der Waals surface area contributed by atoms with E-state index in [1.165, 1.54) is 19.3 Å². The molecular weight excluding hydrogens is 368 g/mol. The van der Waals surface area contributed by atoms with E-state index in [0.717, 1.165) is 24.1 Å². The van der Waals surface area contributed by atoms with Gasteiger partial charge in [0.2, 0.25) is 0 Å². The highest BCUT2D eigenvalue weighted by molar-refractivity contribution is 5.88. The van der Waals surface area contributed by atoms with Crippen LogP contribution in [-0.4, -0.2) is 43.1 Å². The number of rotatable bonds is 5. The topological polar surface area (TPSA) is 90.6 Å². The fourth-order valence-corrected chi connectivity index (χ4v) is 4.28. The summed E-state index contributed by atoms with van der Waals surface area (Å²) in [5, 5.41) is 27.3. The van der Waals surface area contributed by atoms with E-state index in [0.29, 0.717) is 31.1 Å². The average Bonchev–Trinajstić information content (AvgIpc) is 2.99. The second-order valence-corrected chi connectivity index (χ2v) is 8.40. The van der Waals surface area contributed by atoms with Crippen molar-refractivity contribution in [3.05, 3.63) is 41.6 Å². The molecule has 2 amide bonds. The first-order chi connectivity index (χ1) is 14.0. The SMILES string of the molecule is Cn1nc(C2CCC2)cc1NC(=O)N(Cc1cccc(O)c1)C1CCC(O)CC1. The maximum atomic E-state index is 13.2. The minimum absolute atomic E-state index is 0.0556. The van der Waals surface area contributed by atoms with E-state index < -0.39 is 0 Å². The summed E-state index contributed by atoms with van der Waals surface area (Å²) in [5.41, 5.74) is 1.93. The van der Waals surface area contributed by atoms with Gasteiger partial charge in [-0.25, -0.2) is 4.79 Å². The van der Waals surface area contributed by atoms with Crippen molar-refractivity contribution >= 4 is 11.8 Å². The van der Waals surface area contributed by atoms with Crippen molar-refractivity contribution < 1.29 is 15.0 Å². The van der Waals surface area contributed by atoms with E-state index in [1.54, 1.807) is 22.9 Å². The van der Waals surface area contributed by atoms with E-state index >= 15 is 0 Å². The number of phenolic OH excluding ortho intramolecular Hbond substituents is 1. The van der Waals surface area contributed by atoms with E-state index in [4.69, 9.17) is 0 Å². The molecule has 1 aromatic carbocycles. The molecule has 7 nitrogen and oxygen atoms in total. The molecule has 0 atom stereocenters. The van der Waals surface area contributed by atoms with Gasteiger partial charge in [-0.1, -0.05) is 18.6 Å². The summed E-state index contributed by atoms with van der Waals surface area (Å²) in [6.07, 6.45) is 6.24. The number of anilines is 1. The summed E-state index contributed by atoms with van der Waals surface area (Å²) in [6, 6.07) is 8.89. The number of hydrogen-bond donors (Lipinski definition) is 3. The zero-order chi connectivity index (χ0) is 20.4. The smallest absolute Gasteiger partial charge is 0.323 e. The third-order valence-corrected chi connectivity index (χ3v) is 6.29. The Balaban J connectivity index is 1.51. The van der Waals surface area contributed by atoms with Gasteiger partial charge < -0.3 is 15.1 Å². The number of urea groups is 1. The number of carbonyl (C=O) groups excluding carboxylic acids is 1. The van der Waals surface area contributed by atoms with Crippen molar-refractivity contribution in [2.45, 2.75) is 69.6 Å². The molecule has 1 aromatic heterocycles. The molecular formula is C22H30N4O3. The lowest BCUT2D eigenvalue weighted by molar-refractivity contribution is 0.0849. The molecule has 0 radical (unpaired) electrons. The lowest BCUT2D eigenvalue weighted by Crippen LogP contribution is -2.44. The molecule has 29 heavy (non-hydrogen) atoms. The number of aliphatic hydroxyl groups is 1. The van der Waals surface area contributed by atoms with Crippen LogP contribution in [0, 0.1) is 0 Å². The predicted octanol–water partition coefficient (Wildman–Crippen LogP) is 3.73. The minimum atomic E-state index is -0.279. The van der Waals surface area contributed by atoms with Crippen molar-refractivity contribution in [2.75, 3.05) is 5.32 Å². The second kappa shape index (κ2) is 8.45. The lowest BCUT2D eigenvalue weighted by Gasteiger charge is -2.35. The van der Waals surface area contributed by atoms with E-state index in [9.17, 15) is 15.0 Å². The number of aliphatic hydroxyl groups excluding tert-OH is 1. The normalized spacial score (nSPS) is 22.1. The predicted molar refractivity (Wildman–Crippen MR) is 111 cm³/mol. The average molecular weight is 399 g/mol. The van der Waals surface area contributed by atoms with Crippen LogP contribution in [0.3, 0.4) is 0 Å². The Morgan fingerprint density at radius 3 is 2.62 bits per heavy atom. The molecule has 2 aliphatic carbocycles. The first-order valence-electron chi connectivity index (χ1n) is 10.6. The van der Waals surface area contributed by atoms with Crippen LogP contribution in [0.5, 0.6) is 5.75 Å². The number of hydrogen-bond acceptors (Lipinski definition) is 4. The zero-order valence-corrected chi connectivity index (χ0v) is 16.9. The van der Waals surface area contributed by atoms with Gasteiger partial charge in [0.15, 0.2) is 0 Å². The highest BCUT2D eigenvalue weighted by Crippen LogP contribution is 2.36. The molecule has 4 rings (SSSR count). The Hall–Kier alpha value is -2.54. The number of carbonyl (C=O) groups is 1. The van der Waals surface area contributed by atoms with Gasteiger partial charge in [-0.15, -0.1) is 0 Å². The van der Waals surface area contributed by atoms with Gasteiger partial charge in [-0.05, 0) is 56.2 Å². The van der Waals surface area contributed by atoms with Crippen molar-refractivity contribution in [1.82, 2.24) is 14.7 Å². The quantitative estimate of drug-likeness (QED) is 0.716. The van der Waals surface area contributed by atoms with Crippen LogP contribution < -0.4 is 5.32 Å². The van der Waals surface area contributed by atoms with E-state index in [1.807, 2.05) is 24.1 Å². The Bertz CT molecular complexity index is 853. The van der Waals surface area contributed by atoms with E-state index in [-0.39, 0.29) is 23.9 Å². The monoisotopic (exact) mass is 398 g/mol. The molecule has 0 unspecified atom stereocenters. The first-order valence-corrected chi connectivity index (χ1v) is 10.6. The summed E-state index contributed by atoms with van der Waals surface area (Å²) >= 11 is 0. The Morgan fingerprint density at radius 1 is 1.21 bits per heavy atom. The van der Waals surface area contributed by atoms with Gasteiger partial charge in [-0.2, -0.15) is 5.10 Å². The van der Waals surface area contributed by atoms with Crippen LogP contribution >= 0.6 is 0 Å². The van der Waals surface area contributed by atoms with Gasteiger partial charge in [0.25, 0.3) is 0 Å². The zero-order valence-electron chi connectivity index (χ0n) is 16.9. The number of nitrogens with one attached hydrogen (secondary N) is 1. The molecule has 2 saturated carbocycles. The standard InChI is InChI=1S/C22H30N4O3/c1-25-21(13-20(24-25)16-5-3-6-16)23-22(29)26(17-8-10-18(27)11-9-17)14-15-4-2-7-19(28)12-15/h2,4,7,12-13,16-18,27-28H,3,5-6,8-11,14H2,1H3,(H,23,29). The van der Waals surface area contributed by atoms with Crippen LogP contribution in [0.15, 0.2) is 30.3 Å². The molecule has 2 aliphatic rings. The maximum Gasteiger partial charge on any atom is 0.323 e.